The summed E-state index contributed by atoms with van der Waals surface area (Å²) >= 11 is 0. The number of nitrogens with zero attached hydrogens (tertiary/aromatic N) is 3. The minimum Gasteiger partial charge on any atom is -0.476 e. The lowest BCUT2D eigenvalue weighted by Gasteiger charge is -2.20. The van der Waals surface area contributed by atoms with Crippen molar-refractivity contribution in [3.8, 4) is 0 Å². The number of aromatic carboxylic acids is 1. The number of aryl methyl sites for hydroxylation is 1. The van der Waals surface area contributed by atoms with Gasteiger partial charge in [-0.2, -0.15) is 0 Å². The van der Waals surface area contributed by atoms with E-state index in [-0.39, 0.29) is 11.8 Å². The van der Waals surface area contributed by atoms with E-state index in [0.29, 0.717) is 12.2 Å². The fourth-order valence-electron chi connectivity index (χ4n) is 2.58. The Morgan fingerprint density at radius 2 is 2.26 bits per heavy atom. The van der Waals surface area contributed by atoms with Crippen molar-refractivity contribution in [2.75, 3.05) is 18.0 Å². The van der Waals surface area contributed by atoms with Crippen LogP contribution in [0.15, 0.2) is 18.3 Å². The number of anilines is 1. The summed E-state index contributed by atoms with van der Waals surface area (Å²) in [5.41, 5.74) is 2.62. The number of imidazole rings is 1. The van der Waals surface area contributed by atoms with Crippen molar-refractivity contribution in [1.82, 2.24) is 9.38 Å². The van der Waals surface area contributed by atoms with E-state index in [1.807, 2.05) is 13.0 Å². The molecule has 0 bridgehead atoms. The highest BCUT2D eigenvalue weighted by Gasteiger charge is 2.22. The van der Waals surface area contributed by atoms with Crippen molar-refractivity contribution >= 4 is 17.3 Å². The molecule has 1 aliphatic heterocycles. The van der Waals surface area contributed by atoms with E-state index in [4.69, 9.17) is 5.11 Å². The molecule has 1 fully saturated rings. The molecule has 1 aliphatic rings. The monoisotopic (exact) mass is 261 g/mol. The molecule has 0 aromatic carbocycles. The van der Waals surface area contributed by atoms with Crippen LogP contribution in [0, 0.1) is 6.92 Å². The topological polar surface area (TPSA) is 78.1 Å². The molecule has 0 amide bonds. The lowest BCUT2D eigenvalue weighted by atomic mass is 10.3. The quantitative estimate of drug-likeness (QED) is 0.840. The highest BCUT2D eigenvalue weighted by Crippen LogP contribution is 2.25. The molecule has 2 aromatic rings. The second kappa shape index (κ2) is 4.24. The number of aliphatic hydroxyl groups excluding tert-OH is 1. The van der Waals surface area contributed by atoms with Crippen molar-refractivity contribution in [1.29, 1.82) is 0 Å². The van der Waals surface area contributed by atoms with Crippen LogP contribution < -0.4 is 4.90 Å². The van der Waals surface area contributed by atoms with Gasteiger partial charge in [-0.1, -0.05) is 0 Å². The summed E-state index contributed by atoms with van der Waals surface area (Å²) < 4.78 is 1.78. The van der Waals surface area contributed by atoms with E-state index < -0.39 is 5.97 Å². The SMILES string of the molecule is Cc1c(N2CC[C@H](O)C2)ccc2nc(C(=O)O)cn12. The minimum atomic E-state index is -1.03. The van der Waals surface area contributed by atoms with E-state index >= 15 is 0 Å². The second-order valence-electron chi connectivity index (χ2n) is 4.85. The number of rotatable bonds is 2. The first-order valence-electron chi connectivity index (χ1n) is 6.21. The molecular weight excluding hydrogens is 246 g/mol. The predicted molar refractivity (Wildman–Crippen MR) is 69.7 cm³/mol. The van der Waals surface area contributed by atoms with Gasteiger partial charge in [0.2, 0.25) is 0 Å². The molecule has 1 saturated heterocycles. The van der Waals surface area contributed by atoms with E-state index in [1.165, 1.54) is 6.20 Å². The van der Waals surface area contributed by atoms with Gasteiger partial charge in [-0.25, -0.2) is 9.78 Å². The van der Waals surface area contributed by atoms with Crippen LogP contribution in [0.2, 0.25) is 0 Å². The highest BCUT2D eigenvalue weighted by molar-refractivity contribution is 5.86. The van der Waals surface area contributed by atoms with Crippen molar-refractivity contribution in [3.05, 3.63) is 29.7 Å². The third-order valence-electron chi connectivity index (χ3n) is 3.58. The van der Waals surface area contributed by atoms with Gasteiger partial charge in [0.05, 0.1) is 11.8 Å². The fraction of sp³-hybridized carbons (Fsp3) is 0.385. The predicted octanol–water partition coefficient (Wildman–Crippen LogP) is 0.912. The Balaban J connectivity index is 2.07. The first-order valence-corrected chi connectivity index (χ1v) is 6.21. The van der Waals surface area contributed by atoms with Crippen molar-refractivity contribution in [2.45, 2.75) is 19.4 Å². The molecule has 3 heterocycles. The molecule has 19 heavy (non-hydrogen) atoms. The van der Waals surface area contributed by atoms with Crippen LogP contribution in [0.3, 0.4) is 0 Å². The Morgan fingerprint density at radius 3 is 2.89 bits per heavy atom. The third-order valence-corrected chi connectivity index (χ3v) is 3.58. The van der Waals surface area contributed by atoms with Gasteiger partial charge in [0.15, 0.2) is 5.69 Å². The maximum Gasteiger partial charge on any atom is 0.356 e. The van der Waals surface area contributed by atoms with E-state index in [0.717, 1.165) is 24.3 Å². The summed E-state index contributed by atoms with van der Waals surface area (Å²) in [5.74, 6) is -1.03. The van der Waals surface area contributed by atoms with Crippen LogP contribution in [-0.2, 0) is 0 Å². The van der Waals surface area contributed by atoms with E-state index in [1.54, 1.807) is 10.5 Å². The van der Waals surface area contributed by atoms with Gasteiger partial charge in [0.25, 0.3) is 0 Å². The fourth-order valence-corrected chi connectivity index (χ4v) is 2.58. The molecule has 3 rings (SSSR count). The van der Waals surface area contributed by atoms with Crippen LogP contribution in [-0.4, -0.2) is 44.8 Å². The lowest BCUT2D eigenvalue weighted by Crippen LogP contribution is -2.22. The standard InChI is InChI=1S/C13H15N3O3/c1-8-11(15-5-4-9(17)6-15)2-3-12-14-10(13(18)19)7-16(8)12/h2-3,7,9,17H,4-6H2,1H3,(H,18,19)/t9-/m0/s1. The Kier molecular flexibility index (Phi) is 2.67. The Bertz CT molecular complexity index is 650. The molecule has 0 spiro atoms. The zero-order valence-electron chi connectivity index (χ0n) is 10.6. The van der Waals surface area contributed by atoms with Crippen LogP contribution in [0.4, 0.5) is 5.69 Å². The third kappa shape index (κ3) is 1.94. The zero-order chi connectivity index (χ0) is 13.6. The second-order valence-corrected chi connectivity index (χ2v) is 4.85. The number of hydrogen-bond donors (Lipinski definition) is 2. The molecule has 1 atom stereocenters. The number of carboxylic acid groups (broad SMARTS) is 1. The van der Waals surface area contributed by atoms with Gasteiger partial charge >= 0.3 is 5.97 Å². The smallest absolute Gasteiger partial charge is 0.356 e. The van der Waals surface area contributed by atoms with Crippen molar-refractivity contribution in [2.24, 2.45) is 0 Å². The normalized spacial score (nSPS) is 19.3. The van der Waals surface area contributed by atoms with Gasteiger partial charge in [-0.05, 0) is 25.5 Å². The Hall–Kier alpha value is -2.08. The molecule has 0 saturated carbocycles. The lowest BCUT2D eigenvalue weighted by molar-refractivity contribution is 0.0691. The van der Waals surface area contributed by atoms with E-state index in [9.17, 15) is 9.90 Å². The molecular formula is C13H15N3O3. The molecule has 100 valence electrons. The van der Waals surface area contributed by atoms with Crippen molar-refractivity contribution in [3.63, 3.8) is 0 Å². The summed E-state index contributed by atoms with van der Waals surface area (Å²) in [6.45, 7) is 3.36. The van der Waals surface area contributed by atoms with E-state index in [2.05, 4.69) is 9.88 Å². The summed E-state index contributed by atoms with van der Waals surface area (Å²) in [5, 5.41) is 18.6. The number of hydrogen-bond acceptors (Lipinski definition) is 4. The molecule has 0 aliphatic carbocycles. The van der Waals surface area contributed by atoms with Crippen molar-refractivity contribution < 1.29 is 15.0 Å². The highest BCUT2D eigenvalue weighted by atomic mass is 16.4. The molecule has 2 aromatic heterocycles. The number of β-amino-alcohol motifs (C(OH)–C–C–N with tert-alkyl or cyclic N) is 1. The van der Waals surface area contributed by atoms with Crippen LogP contribution in [0.1, 0.15) is 22.6 Å². The van der Waals surface area contributed by atoms with Gasteiger partial charge in [0, 0.05) is 25.0 Å². The molecule has 0 unspecified atom stereocenters. The number of fused-ring (bicyclic) bond motifs is 1. The summed E-state index contributed by atoms with van der Waals surface area (Å²) in [6.07, 6.45) is 2.01. The Morgan fingerprint density at radius 1 is 1.47 bits per heavy atom. The average Bonchev–Trinajstić information content (AvgIpc) is 2.96. The maximum atomic E-state index is 10.9. The first kappa shape index (κ1) is 12.0. The number of pyridine rings is 1. The van der Waals surface area contributed by atoms with Crippen LogP contribution >= 0.6 is 0 Å². The first-order chi connectivity index (χ1) is 9.06. The summed E-state index contributed by atoms with van der Waals surface area (Å²) in [6, 6.07) is 3.74. The molecule has 6 heteroatoms. The van der Waals surface area contributed by atoms with Gasteiger partial charge in [-0.3, -0.25) is 0 Å². The number of aromatic nitrogens is 2. The molecule has 6 nitrogen and oxygen atoms in total. The largest absolute Gasteiger partial charge is 0.476 e. The number of carboxylic acids is 1. The van der Waals surface area contributed by atoms with Gasteiger partial charge in [0.1, 0.15) is 5.65 Å². The minimum absolute atomic E-state index is 0.0432. The molecule has 2 N–H and O–H groups in total. The average molecular weight is 261 g/mol. The number of aliphatic hydroxyl groups is 1. The maximum absolute atomic E-state index is 10.9. The van der Waals surface area contributed by atoms with Crippen LogP contribution in [0.5, 0.6) is 0 Å². The summed E-state index contributed by atoms with van der Waals surface area (Å²) in [4.78, 5) is 17.1. The zero-order valence-corrected chi connectivity index (χ0v) is 10.6. The molecule has 0 radical (unpaired) electrons. The van der Waals surface area contributed by atoms with Gasteiger partial charge in [-0.15, -0.1) is 0 Å². The Labute approximate surface area is 109 Å². The number of carbonyl (C=O) groups is 1. The summed E-state index contributed by atoms with van der Waals surface area (Å²) in [7, 11) is 0. The van der Waals surface area contributed by atoms with Crippen LogP contribution in [0.25, 0.3) is 5.65 Å². The van der Waals surface area contributed by atoms with Gasteiger partial charge < -0.3 is 19.5 Å².